The van der Waals surface area contributed by atoms with Gasteiger partial charge in [0, 0.05) is 43.3 Å². The monoisotopic (exact) mass is 417 g/mol. The molecule has 9 heteroatoms. The molecule has 1 aromatic carbocycles. The number of piperazine rings is 1. The lowest BCUT2D eigenvalue weighted by atomic mass is 10.2. The molecule has 146 valence electrons. The van der Waals surface area contributed by atoms with E-state index in [-0.39, 0.29) is 10.7 Å². The number of nitrogens with zero attached hydrogens (tertiary/aromatic N) is 2. The number of rotatable bonds is 4. The molecule has 0 radical (unpaired) electrons. The van der Waals surface area contributed by atoms with E-state index >= 15 is 0 Å². The Balaban J connectivity index is 1.51. The number of nitrogens with one attached hydrogen (secondary N) is 1. The highest BCUT2D eigenvalue weighted by Crippen LogP contribution is 2.36. The lowest BCUT2D eigenvalue weighted by Gasteiger charge is -2.34. The molecule has 1 N–H and O–H groups in total. The number of urea groups is 1. The van der Waals surface area contributed by atoms with Crippen LogP contribution in [-0.2, 0) is 12.6 Å². The van der Waals surface area contributed by atoms with Crippen LogP contribution in [0.15, 0.2) is 35.7 Å². The van der Waals surface area contributed by atoms with Crippen molar-refractivity contribution in [3.63, 3.8) is 0 Å². The molecule has 0 unspecified atom stereocenters. The van der Waals surface area contributed by atoms with Gasteiger partial charge in [-0.1, -0.05) is 17.7 Å². The van der Waals surface area contributed by atoms with E-state index in [0.29, 0.717) is 13.1 Å². The molecule has 2 aromatic rings. The molecule has 1 saturated heterocycles. The molecule has 2 heterocycles. The van der Waals surface area contributed by atoms with Gasteiger partial charge in [0.05, 0.1) is 10.6 Å². The van der Waals surface area contributed by atoms with Gasteiger partial charge in [-0.15, -0.1) is 11.3 Å². The van der Waals surface area contributed by atoms with Crippen LogP contribution in [0.2, 0.25) is 5.02 Å². The minimum absolute atomic E-state index is 0.0804. The molecule has 2 amide bonds. The molecule has 1 fully saturated rings. The summed E-state index contributed by atoms with van der Waals surface area (Å²) in [7, 11) is 0. The highest BCUT2D eigenvalue weighted by atomic mass is 35.5. The van der Waals surface area contributed by atoms with Crippen LogP contribution in [0.3, 0.4) is 0 Å². The van der Waals surface area contributed by atoms with Crippen molar-refractivity contribution in [3.8, 4) is 0 Å². The van der Waals surface area contributed by atoms with E-state index in [1.807, 2.05) is 6.07 Å². The Kier molecular flexibility index (Phi) is 6.29. The van der Waals surface area contributed by atoms with E-state index in [9.17, 15) is 18.0 Å². The van der Waals surface area contributed by atoms with Crippen LogP contribution in [0.5, 0.6) is 0 Å². The smallest absolute Gasteiger partial charge is 0.322 e. The molecule has 3 rings (SSSR count). The Morgan fingerprint density at radius 2 is 1.93 bits per heavy atom. The molecular formula is C18H19ClF3N3OS. The summed E-state index contributed by atoms with van der Waals surface area (Å²) in [6.45, 7) is 3.49. The molecule has 0 spiro atoms. The van der Waals surface area contributed by atoms with Gasteiger partial charge in [-0.25, -0.2) is 4.79 Å². The van der Waals surface area contributed by atoms with Gasteiger partial charge < -0.3 is 10.2 Å². The van der Waals surface area contributed by atoms with Crippen molar-refractivity contribution in [2.75, 3.05) is 38.0 Å². The van der Waals surface area contributed by atoms with Gasteiger partial charge in [-0.3, -0.25) is 4.90 Å². The fourth-order valence-electron chi connectivity index (χ4n) is 2.92. The normalized spacial score (nSPS) is 15.8. The van der Waals surface area contributed by atoms with Gasteiger partial charge in [0.2, 0.25) is 0 Å². The first-order valence-electron chi connectivity index (χ1n) is 8.50. The Morgan fingerprint density at radius 3 is 2.56 bits per heavy atom. The first kappa shape index (κ1) is 20.0. The van der Waals surface area contributed by atoms with Crippen LogP contribution in [-0.4, -0.2) is 48.6 Å². The van der Waals surface area contributed by atoms with Crippen molar-refractivity contribution >= 4 is 34.7 Å². The summed E-state index contributed by atoms with van der Waals surface area (Å²) >= 11 is 7.33. The molecule has 1 aliphatic rings. The summed E-state index contributed by atoms with van der Waals surface area (Å²) in [5.74, 6) is 0. The maximum absolute atomic E-state index is 12.9. The van der Waals surface area contributed by atoms with E-state index in [0.717, 1.165) is 38.2 Å². The second-order valence-electron chi connectivity index (χ2n) is 6.28. The predicted octanol–water partition coefficient (Wildman–Crippen LogP) is 4.81. The van der Waals surface area contributed by atoms with Crippen molar-refractivity contribution in [2.45, 2.75) is 12.6 Å². The zero-order chi connectivity index (χ0) is 19.4. The molecule has 1 aliphatic heterocycles. The van der Waals surface area contributed by atoms with Gasteiger partial charge in [-0.2, -0.15) is 13.2 Å². The summed E-state index contributed by atoms with van der Waals surface area (Å²) in [4.78, 5) is 17.6. The summed E-state index contributed by atoms with van der Waals surface area (Å²) in [6.07, 6.45) is -3.58. The van der Waals surface area contributed by atoms with Crippen molar-refractivity contribution in [1.82, 2.24) is 9.80 Å². The molecule has 0 saturated carbocycles. The van der Waals surface area contributed by atoms with Crippen LogP contribution in [0.25, 0.3) is 0 Å². The van der Waals surface area contributed by atoms with Crippen molar-refractivity contribution in [3.05, 3.63) is 51.2 Å². The first-order valence-corrected chi connectivity index (χ1v) is 9.76. The van der Waals surface area contributed by atoms with E-state index in [4.69, 9.17) is 11.6 Å². The fourth-order valence-corrected chi connectivity index (χ4v) is 3.84. The zero-order valence-electron chi connectivity index (χ0n) is 14.4. The zero-order valence-corrected chi connectivity index (χ0v) is 16.0. The minimum Gasteiger partial charge on any atom is -0.322 e. The standard InChI is InChI=1S/C18H19ClF3N3OS/c19-16-4-3-13(12-15(16)18(20,21)22)23-17(26)25-9-7-24(8-10-25)6-5-14-2-1-11-27-14/h1-4,11-12H,5-10H2,(H,23,26). The Bertz CT molecular complexity index is 775. The number of thiophene rings is 1. The number of carbonyl (C=O) groups excluding carboxylic acids is 1. The lowest BCUT2D eigenvalue weighted by molar-refractivity contribution is -0.137. The minimum atomic E-state index is -4.56. The molecule has 4 nitrogen and oxygen atoms in total. The van der Waals surface area contributed by atoms with Gasteiger partial charge in [0.15, 0.2) is 0 Å². The van der Waals surface area contributed by atoms with Gasteiger partial charge >= 0.3 is 12.2 Å². The Hall–Kier alpha value is -1.77. The third kappa shape index (κ3) is 5.37. The number of carbonyl (C=O) groups is 1. The largest absolute Gasteiger partial charge is 0.417 e. The highest BCUT2D eigenvalue weighted by molar-refractivity contribution is 7.09. The Morgan fingerprint density at radius 1 is 1.19 bits per heavy atom. The number of alkyl halides is 3. The van der Waals surface area contributed by atoms with E-state index in [2.05, 4.69) is 21.7 Å². The van der Waals surface area contributed by atoms with Crippen LogP contribution in [0, 0.1) is 0 Å². The topological polar surface area (TPSA) is 35.6 Å². The summed E-state index contributed by atoms with van der Waals surface area (Å²) in [5.41, 5.74) is -0.878. The quantitative estimate of drug-likeness (QED) is 0.774. The molecular weight excluding hydrogens is 399 g/mol. The third-order valence-electron chi connectivity index (χ3n) is 4.44. The van der Waals surface area contributed by atoms with Gasteiger partial charge in [-0.05, 0) is 36.1 Å². The average Bonchev–Trinajstić information content (AvgIpc) is 3.14. The maximum Gasteiger partial charge on any atom is 0.417 e. The molecule has 27 heavy (non-hydrogen) atoms. The van der Waals surface area contributed by atoms with Crippen LogP contribution in [0.1, 0.15) is 10.4 Å². The number of hydrogen-bond donors (Lipinski definition) is 1. The molecule has 0 aliphatic carbocycles. The second-order valence-corrected chi connectivity index (χ2v) is 7.72. The van der Waals surface area contributed by atoms with Crippen LogP contribution >= 0.6 is 22.9 Å². The van der Waals surface area contributed by atoms with E-state index in [1.54, 1.807) is 16.2 Å². The number of hydrogen-bond acceptors (Lipinski definition) is 3. The highest BCUT2D eigenvalue weighted by Gasteiger charge is 2.33. The summed E-state index contributed by atoms with van der Waals surface area (Å²) in [6, 6.07) is 7.11. The number of anilines is 1. The second kappa shape index (κ2) is 8.50. The number of halogens is 4. The predicted molar refractivity (Wildman–Crippen MR) is 102 cm³/mol. The first-order chi connectivity index (χ1) is 12.8. The maximum atomic E-state index is 12.9. The van der Waals surface area contributed by atoms with Crippen molar-refractivity contribution < 1.29 is 18.0 Å². The van der Waals surface area contributed by atoms with Crippen molar-refractivity contribution in [2.24, 2.45) is 0 Å². The van der Waals surface area contributed by atoms with Crippen LogP contribution < -0.4 is 5.32 Å². The number of benzene rings is 1. The number of amides is 2. The van der Waals surface area contributed by atoms with Crippen LogP contribution in [0.4, 0.5) is 23.7 Å². The third-order valence-corrected chi connectivity index (χ3v) is 5.70. The molecule has 0 atom stereocenters. The van der Waals surface area contributed by atoms with E-state index < -0.39 is 17.8 Å². The summed E-state index contributed by atoms with van der Waals surface area (Å²) in [5, 5.41) is 4.20. The lowest BCUT2D eigenvalue weighted by Crippen LogP contribution is -2.50. The van der Waals surface area contributed by atoms with Gasteiger partial charge in [0.1, 0.15) is 0 Å². The fraction of sp³-hybridized carbons (Fsp3) is 0.389. The molecule has 0 bridgehead atoms. The van der Waals surface area contributed by atoms with Gasteiger partial charge in [0.25, 0.3) is 0 Å². The Labute approximate surface area is 164 Å². The SMILES string of the molecule is O=C(Nc1ccc(Cl)c(C(F)(F)F)c1)N1CCN(CCc2cccs2)CC1. The summed E-state index contributed by atoms with van der Waals surface area (Å²) < 4.78 is 38.8. The molecule has 1 aromatic heterocycles. The van der Waals surface area contributed by atoms with E-state index in [1.165, 1.54) is 10.9 Å². The average molecular weight is 418 g/mol. The van der Waals surface area contributed by atoms with Crippen molar-refractivity contribution in [1.29, 1.82) is 0 Å².